The molecule has 1 amide bonds. The van der Waals surface area contributed by atoms with E-state index in [1.54, 1.807) is 29.1 Å². The van der Waals surface area contributed by atoms with Crippen LogP contribution in [0.5, 0.6) is 5.75 Å². The van der Waals surface area contributed by atoms with Crippen LogP contribution in [0.25, 0.3) is 11.3 Å². The predicted octanol–water partition coefficient (Wildman–Crippen LogP) is 3.13. The molecule has 0 saturated heterocycles. The molecule has 112 valence electrons. The zero-order valence-electron chi connectivity index (χ0n) is 12.5. The van der Waals surface area contributed by atoms with Crippen LogP contribution in [0.2, 0.25) is 0 Å². The molecule has 6 heteroatoms. The largest absolute Gasteiger partial charge is 0.487 e. The molecule has 0 aliphatic heterocycles. The number of aryl methyl sites for hydroxylation is 1. The number of ether oxygens (including phenoxy) is 1. The Morgan fingerprint density at radius 1 is 1.38 bits per heavy atom. The Kier molecular flexibility index (Phi) is 4.09. The van der Waals surface area contributed by atoms with Crippen molar-refractivity contribution in [2.75, 3.05) is 0 Å². The molecule has 0 fully saturated rings. The van der Waals surface area contributed by atoms with Gasteiger partial charge in [-0.05, 0) is 54.9 Å². The van der Waals surface area contributed by atoms with E-state index in [0.717, 1.165) is 15.7 Å². The highest BCUT2D eigenvalue weighted by molar-refractivity contribution is 9.10. The molecule has 0 saturated carbocycles. The van der Waals surface area contributed by atoms with Crippen molar-refractivity contribution in [3.8, 4) is 17.0 Å². The van der Waals surface area contributed by atoms with Crippen molar-refractivity contribution < 1.29 is 9.53 Å². The first-order chi connectivity index (χ1) is 9.69. The lowest BCUT2D eigenvalue weighted by Gasteiger charge is -2.23. The van der Waals surface area contributed by atoms with Crippen LogP contribution < -0.4 is 10.5 Å². The minimum atomic E-state index is -0.475. The number of nitrogens with zero attached hydrogens (tertiary/aromatic N) is 2. The van der Waals surface area contributed by atoms with Crippen LogP contribution in [-0.2, 0) is 7.05 Å². The summed E-state index contributed by atoms with van der Waals surface area (Å²) >= 11 is 3.47. The number of hydrogen-bond acceptors (Lipinski definition) is 3. The average molecular weight is 352 g/mol. The molecule has 0 radical (unpaired) electrons. The van der Waals surface area contributed by atoms with Crippen LogP contribution in [0.3, 0.4) is 0 Å². The maximum Gasteiger partial charge on any atom is 0.248 e. The van der Waals surface area contributed by atoms with Gasteiger partial charge in [-0.2, -0.15) is 5.10 Å². The van der Waals surface area contributed by atoms with Crippen molar-refractivity contribution in [1.82, 2.24) is 9.78 Å². The Morgan fingerprint density at radius 3 is 2.52 bits per heavy atom. The molecule has 0 atom stereocenters. The standard InChI is InChI=1S/C15H18BrN3O2/c1-15(2,3)21-12-6-5-9(14(17)20)7-10(12)13-11(16)8-18-19(13)4/h5-8H,1-4H3,(H2,17,20). The van der Waals surface area contributed by atoms with Gasteiger partial charge in [-0.15, -0.1) is 0 Å². The zero-order valence-corrected chi connectivity index (χ0v) is 14.1. The van der Waals surface area contributed by atoms with E-state index in [0.29, 0.717) is 11.3 Å². The van der Waals surface area contributed by atoms with Crippen LogP contribution >= 0.6 is 15.9 Å². The lowest BCUT2D eigenvalue weighted by atomic mass is 10.1. The van der Waals surface area contributed by atoms with E-state index >= 15 is 0 Å². The zero-order chi connectivity index (χ0) is 15.8. The molecule has 0 aliphatic carbocycles. The summed E-state index contributed by atoms with van der Waals surface area (Å²) < 4.78 is 8.53. The Labute approximate surface area is 132 Å². The molecule has 0 bridgehead atoms. The smallest absolute Gasteiger partial charge is 0.248 e. The van der Waals surface area contributed by atoms with Gasteiger partial charge in [0.25, 0.3) is 0 Å². The molecule has 2 aromatic rings. The number of benzene rings is 1. The van der Waals surface area contributed by atoms with Crippen molar-refractivity contribution >= 4 is 21.8 Å². The van der Waals surface area contributed by atoms with Gasteiger partial charge in [-0.3, -0.25) is 9.48 Å². The van der Waals surface area contributed by atoms with Crippen molar-refractivity contribution in [1.29, 1.82) is 0 Å². The quantitative estimate of drug-likeness (QED) is 0.923. The number of nitrogens with two attached hydrogens (primary N) is 1. The lowest BCUT2D eigenvalue weighted by Crippen LogP contribution is -2.23. The van der Waals surface area contributed by atoms with E-state index in [1.165, 1.54) is 0 Å². The second-order valence-electron chi connectivity index (χ2n) is 5.75. The van der Waals surface area contributed by atoms with Gasteiger partial charge in [0.15, 0.2) is 0 Å². The second-order valence-corrected chi connectivity index (χ2v) is 6.61. The maximum atomic E-state index is 11.4. The van der Waals surface area contributed by atoms with Crippen LogP contribution in [0.15, 0.2) is 28.9 Å². The highest BCUT2D eigenvalue weighted by atomic mass is 79.9. The minimum absolute atomic E-state index is 0.353. The van der Waals surface area contributed by atoms with E-state index in [9.17, 15) is 4.79 Å². The van der Waals surface area contributed by atoms with Crippen molar-refractivity contribution in [2.45, 2.75) is 26.4 Å². The summed E-state index contributed by atoms with van der Waals surface area (Å²) in [5.74, 6) is 0.202. The summed E-state index contributed by atoms with van der Waals surface area (Å²) in [6, 6.07) is 5.16. The van der Waals surface area contributed by atoms with Gasteiger partial charge >= 0.3 is 0 Å². The van der Waals surface area contributed by atoms with Crippen molar-refractivity contribution in [2.24, 2.45) is 12.8 Å². The maximum absolute atomic E-state index is 11.4. The summed E-state index contributed by atoms with van der Waals surface area (Å²) in [6.45, 7) is 5.91. The van der Waals surface area contributed by atoms with Crippen LogP contribution in [-0.4, -0.2) is 21.3 Å². The molecule has 1 heterocycles. The molecule has 2 rings (SSSR count). The first kappa shape index (κ1) is 15.6. The Bertz CT molecular complexity index is 667. The summed E-state index contributed by atoms with van der Waals surface area (Å²) in [7, 11) is 1.83. The van der Waals surface area contributed by atoms with Crippen LogP contribution in [0, 0.1) is 0 Å². The molecule has 2 N–H and O–H groups in total. The van der Waals surface area contributed by atoms with E-state index in [1.807, 2.05) is 27.8 Å². The molecule has 1 aromatic heterocycles. The molecule has 5 nitrogen and oxygen atoms in total. The van der Waals surface area contributed by atoms with Crippen LogP contribution in [0.1, 0.15) is 31.1 Å². The van der Waals surface area contributed by atoms with E-state index in [2.05, 4.69) is 21.0 Å². The first-order valence-corrected chi connectivity index (χ1v) is 7.29. The highest BCUT2D eigenvalue weighted by Gasteiger charge is 2.20. The number of amides is 1. The third kappa shape index (κ3) is 3.44. The Hall–Kier alpha value is -1.82. The van der Waals surface area contributed by atoms with Gasteiger partial charge in [0.05, 0.1) is 16.4 Å². The normalized spacial score (nSPS) is 11.5. The highest BCUT2D eigenvalue weighted by Crippen LogP contribution is 2.36. The molecule has 0 spiro atoms. The van der Waals surface area contributed by atoms with Gasteiger partial charge in [0, 0.05) is 18.2 Å². The van der Waals surface area contributed by atoms with Gasteiger partial charge in [-0.1, -0.05) is 0 Å². The monoisotopic (exact) mass is 351 g/mol. The topological polar surface area (TPSA) is 70.1 Å². The Morgan fingerprint density at radius 2 is 2.05 bits per heavy atom. The number of primary amides is 1. The molecular weight excluding hydrogens is 334 g/mol. The van der Waals surface area contributed by atoms with Crippen LogP contribution in [0.4, 0.5) is 0 Å². The van der Waals surface area contributed by atoms with E-state index in [-0.39, 0.29) is 5.60 Å². The van der Waals surface area contributed by atoms with Gasteiger partial charge < -0.3 is 10.5 Å². The fraction of sp³-hybridized carbons (Fsp3) is 0.333. The molecule has 21 heavy (non-hydrogen) atoms. The molecule has 0 aliphatic rings. The minimum Gasteiger partial charge on any atom is -0.487 e. The summed E-state index contributed by atoms with van der Waals surface area (Å²) in [5, 5.41) is 4.20. The SMILES string of the molecule is Cn1ncc(Br)c1-c1cc(C(N)=O)ccc1OC(C)(C)C. The predicted molar refractivity (Wildman–Crippen MR) is 85.2 cm³/mol. The summed E-state index contributed by atoms with van der Waals surface area (Å²) in [6.07, 6.45) is 1.70. The van der Waals surface area contributed by atoms with Crippen molar-refractivity contribution in [3.05, 3.63) is 34.4 Å². The summed E-state index contributed by atoms with van der Waals surface area (Å²) in [5.41, 5.74) is 7.05. The third-order valence-corrected chi connectivity index (χ3v) is 3.41. The van der Waals surface area contributed by atoms with E-state index in [4.69, 9.17) is 10.5 Å². The fourth-order valence-electron chi connectivity index (χ4n) is 2.00. The van der Waals surface area contributed by atoms with Crippen molar-refractivity contribution in [3.63, 3.8) is 0 Å². The number of hydrogen-bond donors (Lipinski definition) is 1. The third-order valence-electron chi connectivity index (χ3n) is 2.83. The molecule has 1 aromatic carbocycles. The number of aromatic nitrogens is 2. The first-order valence-electron chi connectivity index (χ1n) is 6.50. The number of carbonyl (C=O) groups excluding carboxylic acids is 1. The number of halogens is 1. The van der Waals surface area contributed by atoms with Gasteiger partial charge in [-0.25, -0.2) is 0 Å². The molecular formula is C15H18BrN3O2. The number of rotatable bonds is 3. The van der Waals surface area contributed by atoms with E-state index < -0.39 is 5.91 Å². The Balaban J connectivity index is 2.64. The van der Waals surface area contributed by atoms with Gasteiger partial charge in [0.1, 0.15) is 11.4 Å². The lowest BCUT2D eigenvalue weighted by molar-refractivity contribution is 0.1000. The fourth-order valence-corrected chi connectivity index (χ4v) is 2.56. The number of carbonyl (C=O) groups is 1. The molecule has 0 unspecified atom stereocenters. The summed E-state index contributed by atoms with van der Waals surface area (Å²) in [4.78, 5) is 11.4. The average Bonchev–Trinajstić information content (AvgIpc) is 2.68. The van der Waals surface area contributed by atoms with Gasteiger partial charge in [0.2, 0.25) is 5.91 Å². The second kappa shape index (κ2) is 5.52.